The normalized spacial score (nSPS) is 22.2. The van der Waals surface area contributed by atoms with Gasteiger partial charge in [0.2, 0.25) is 0 Å². The Morgan fingerprint density at radius 2 is 2.00 bits per heavy atom. The van der Waals surface area contributed by atoms with Gasteiger partial charge in [0, 0.05) is 0 Å². The second-order valence-corrected chi connectivity index (χ2v) is 4.95. The van der Waals surface area contributed by atoms with Gasteiger partial charge >= 0.3 is 0 Å². The molecule has 0 radical (unpaired) electrons. The van der Waals surface area contributed by atoms with Crippen molar-refractivity contribution >= 4 is 0 Å². The van der Waals surface area contributed by atoms with Crippen LogP contribution in [0.4, 0.5) is 0 Å². The molecule has 0 aromatic heterocycles. The van der Waals surface area contributed by atoms with Gasteiger partial charge in [0.1, 0.15) is 0 Å². The lowest BCUT2D eigenvalue weighted by Crippen LogP contribution is -2.02. The van der Waals surface area contributed by atoms with Crippen molar-refractivity contribution in [3.8, 4) is 0 Å². The second kappa shape index (κ2) is 3.47. The smallest absolute Gasteiger partial charge is 0.0276 e. The lowest BCUT2D eigenvalue weighted by Gasteiger charge is -2.15. The number of allylic oxidation sites excluding steroid dienone is 3. The van der Waals surface area contributed by atoms with Gasteiger partial charge in [-0.2, -0.15) is 0 Å². The fraction of sp³-hybridized carbons (Fsp3) is 0.667. The van der Waals surface area contributed by atoms with Gasteiger partial charge in [-0.3, -0.25) is 0 Å². The molecule has 0 unspecified atom stereocenters. The summed E-state index contributed by atoms with van der Waals surface area (Å²) in [6.45, 7) is 10.9. The molecule has 0 atom stereocenters. The lowest BCUT2D eigenvalue weighted by atomic mass is 9.91. The van der Waals surface area contributed by atoms with Crippen molar-refractivity contribution in [2.24, 2.45) is 5.41 Å². The molecule has 0 aromatic carbocycles. The minimum absolute atomic E-state index is 0.426. The maximum Gasteiger partial charge on any atom is -0.0276 e. The van der Waals surface area contributed by atoms with Crippen LogP contribution in [0.25, 0.3) is 0 Å². The molecule has 0 aromatic rings. The summed E-state index contributed by atoms with van der Waals surface area (Å²) in [5.74, 6) is 0. The van der Waals surface area contributed by atoms with E-state index < -0.39 is 0 Å². The fourth-order valence-corrected chi connectivity index (χ4v) is 1.51. The first kappa shape index (κ1) is 9.57. The molecule has 12 heavy (non-hydrogen) atoms. The van der Waals surface area contributed by atoms with Gasteiger partial charge in [-0.05, 0) is 36.7 Å². The molecule has 0 bridgehead atoms. The third-order valence-corrected chi connectivity index (χ3v) is 2.34. The maximum absolute atomic E-state index is 4.07. The van der Waals surface area contributed by atoms with E-state index in [4.69, 9.17) is 0 Å². The first-order valence-corrected chi connectivity index (χ1v) is 4.86. The van der Waals surface area contributed by atoms with Crippen LogP contribution in [-0.2, 0) is 0 Å². The van der Waals surface area contributed by atoms with E-state index in [2.05, 4.69) is 33.4 Å². The van der Waals surface area contributed by atoms with Gasteiger partial charge in [0.25, 0.3) is 0 Å². The van der Waals surface area contributed by atoms with Gasteiger partial charge < -0.3 is 0 Å². The summed E-state index contributed by atoms with van der Waals surface area (Å²) < 4.78 is 0. The third kappa shape index (κ3) is 2.84. The molecule has 0 N–H and O–H groups in total. The average molecular weight is 164 g/mol. The molecule has 0 aliphatic heterocycles. The van der Waals surface area contributed by atoms with E-state index in [0.29, 0.717) is 5.41 Å². The molecular weight excluding hydrogens is 144 g/mol. The predicted molar refractivity (Wildman–Crippen MR) is 55.1 cm³/mol. The first-order valence-electron chi connectivity index (χ1n) is 4.86. The summed E-state index contributed by atoms with van der Waals surface area (Å²) in [7, 11) is 0. The number of rotatable bonds is 1. The van der Waals surface area contributed by atoms with E-state index in [9.17, 15) is 0 Å². The van der Waals surface area contributed by atoms with Crippen LogP contribution >= 0.6 is 0 Å². The van der Waals surface area contributed by atoms with E-state index in [0.717, 1.165) is 0 Å². The van der Waals surface area contributed by atoms with Gasteiger partial charge in [-0.15, -0.1) is 0 Å². The zero-order valence-corrected chi connectivity index (χ0v) is 8.61. The molecule has 1 rings (SSSR count). The average Bonchev–Trinajstić information content (AvgIpc) is 2.29. The van der Waals surface area contributed by atoms with E-state index in [-0.39, 0.29) is 0 Å². The van der Waals surface area contributed by atoms with Crippen molar-refractivity contribution in [3.05, 3.63) is 23.8 Å². The fourth-order valence-electron chi connectivity index (χ4n) is 1.51. The Hall–Kier alpha value is -0.520. The van der Waals surface area contributed by atoms with E-state index in [1.165, 1.54) is 36.8 Å². The van der Waals surface area contributed by atoms with Crippen molar-refractivity contribution in [2.45, 2.75) is 46.5 Å². The summed E-state index contributed by atoms with van der Waals surface area (Å²) >= 11 is 0. The zero-order valence-electron chi connectivity index (χ0n) is 8.61. The largest absolute Gasteiger partial charge is 0.0956 e. The van der Waals surface area contributed by atoms with Crippen molar-refractivity contribution in [1.29, 1.82) is 0 Å². The molecule has 0 nitrogen and oxygen atoms in total. The van der Waals surface area contributed by atoms with E-state index >= 15 is 0 Å². The quantitative estimate of drug-likeness (QED) is 0.547. The van der Waals surface area contributed by atoms with Crippen LogP contribution in [0.2, 0.25) is 0 Å². The van der Waals surface area contributed by atoms with Gasteiger partial charge in [0.05, 0.1) is 0 Å². The van der Waals surface area contributed by atoms with Crippen LogP contribution in [0, 0.1) is 5.41 Å². The molecule has 0 heterocycles. The zero-order chi connectivity index (χ0) is 9.19. The summed E-state index contributed by atoms with van der Waals surface area (Å²) in [4.78, 5) is 0. The van der Waals surface area contributed by atoms with Gasteiger partial charge in [0.15, 0.2) is 0 Å². The molecule has 1 fully saturated rings. The van der Waals surface area contributed by atoms with Crippen LogP contribution < -0.4 is 0 Å². The molecule has 0 spiro atoms. The molecule has 0 amide bonds. The Morgan fingerprint density at radius 3 is 2.42 bits per heavy atom. The number of hydrogen-bond donors (Lipinski definition) is 0. The van der Waals surface area contributed by atoms with Crippen LogP contribution in [0.15, 0.2) is 23.8 Å². The molecule has 1 aliphatic carbocycles. The maximum atomic E-state index is 4.07. The minimum Gasteiger partial charge on any atom is -0.0956 e. The Labute approximate surface area is 76.4 Å². The van der Waals surface area contributed by atoms with Crippen LogP contribution in [0.5, 0.6) is 0 Å². The molecule has 0 heteroatoms. The highest BCUT2D eigenvalue weighted by atomic mass is 14.2. The van der Waals surface area contributed by atoms with Gasteiger partial charge in [-0.25, -0.2) is 0 Å². The Bertz CT molecular complexity index is 201. The highest BCUT2D eigenvalue weighted by Crippen LogP contribution is 2.31. The lowest BCUT2D eigenvalue weighted by molar-refractivity contribution is 0.419. The SMILES string of the molecule is C=C1CCC/C1=C\CC(C)(C)C. The summed E-state index contributed by atoms with van der Waals surface area (Å²) in [6, 6.07) is 0. The van der Waals surface area contributed by atoms with Crippen molar-refractivity contribution < 1.29 is 0 Å². The highest BCUT2D eigenvalue weighted by Gasteiger charge is 2.13. The molecule has 68 valence electrons. The standard InChI is InChI=1S/C12H20/c1-10-6-5-7-11(10)8-9-12(2,3)4/h8H,1,5-7,9H2,2-4H3/b11-8+. The Kier molecular flexibility index (Phi) is 2.76. The Balaban J connectivity index is 2.52. The van der Waals surface area contributed by atoms with Crippen LogP contribution in [0.3, 0.4) is 0 Å². The van der Waals surface area contributed by atoms with Gasteiger partial charge in [-0.1, -0.05) is 39.0 Å². The van der Waals surface area contributed by atoms with Crippen LogP contribution in [0.1, 0.15) is 46.5 Å². The first-order chi connectivity index (χ1) is 5.49. The monoisotopic (exact) mass is 164 g/mol. The molecule has 1 aliphatic rings. The summed E-state index contributed by atoms with van der Waals surface area (Å²) in [6.07, 6.45) is 7.36. The predicted octanol–water partition coefficient (Wildman–Crippen LogP) is 4.09. The van der Waals surface area contributed by atoms with E-state index in [1.54, 1.807) is 0 Å². The minimum atomic E-state index is 0.426. The van der Waals surface area contributed by atoms with Crippen LogP contribution in [-0.4, -0.2) is 0 Å². The summed E-state index contributed by atoms with van der Waals surface area (Å²) in [5, 5.41) is 0. The second-order valence-electron chi connectivity index (χ2n) is 4.95. The molecule has 0 saturated heterocycles. The van der Waals surface area contributed by atoms with Crippen molar-refractivity contribution in [3.63, 3.8) is 0 Å². The highest BCUT2D eigenvalue weighted by molar-refractivity contribution is 5.32. The van der Waals surface area contributed by atoms with Crippen molar-refractivity contribution in [1.82, 2.24) is 0 Å². The third-order valence-electron chi connectivity index (χ3n) is 2.34. The number of hydrogen-bond acceptors (Lipinski definition) is 0. The Morgan fingerprint density at radius 1 is 1.33 bits per heavy atom. The van der Waals surface area contributed by atoms with Crippen molar-refractivity contribution in [2.75, 3.05) is 0 Å². The summed E-state index contributed by atoms with van der Waals surface area (Å²) in [5.41, 5.74) is 3.32. The molecule has 1 saturated carbocycles. The van der Waals surface area contributed by atoms with E-state index in [1.807, 2.05) is 0 Å². The molecular formula is C12H20. The topological polar surface area (TPSA) is 0 Å².